The fourth-order valence-corrected chi connectivity index (χ4v) is 4.58. The van der Waals surface area contributed by atoms with Gasteiger partial charge in [0.1, 0.15) is 11.3 Å². The quantitative estimate of drug-likeness (QED) is 0.511. The van der Waals surface area contributed by atoms with E-state index in [4.69, 9.17) is 17.2 Å². The summed E-state index contributed by atoms with van der Waals surface area (Å²) in [4.78, 5) is 7.28. The summed E-state index contributed by atoms with van der Waals surface area (Å²) in [6, 6.07) is 8.70. The van der Waals surface area contributed by atoms with Crippen molar-refractivity contribution >= 4 is 33.8 Å². The van der Waals surface area contributed by atoms with Crippen molar-refractivity contribution < 1.29 is 0 Å². The first-order valence-corrected chi connectivity index (χ1v) is 9.31. The number of fused-ring (bicyclic) bond motifs is 1. The third-order valence-electron chi connectivity index (χ3n) is 4.40. The lowest BCUT2D eigenvalue weighted by atomic mass is 10.2. The molecule has 0 N–H and O–H groups in total. The molecule has 124 valence electrons. The number of hydrogen-bond acceptors (Lipinski definition) is 5. The van der Waals surface area contributed by atoms with Gasteiger partial charge in [0.05, 0.1) is 22.9 Å². The van der Waals surface area contributed by atoms with Crippen LogP contribution in [0.25, 0.3) is 10.2 Å². The minimum absolute atomic E-state index is 0.355. The molecule has 0 bridgehead atoms. The Morgan fingerprint density at radius 2 is 2.25 bits per heavy atom. The number of rotatable bonds is 5. The molecule has 1 aliphatic rings. The molecule has 1 aromatic carbocycles. The summed E-state index contributed by atoms with van der Waals surface area (Å²) in [7, 11) is 0. The van der Waals surface area contributed by atoms with Gasteiger partial charge in [0.25, 0.3) is 0 Å². The first-order valence-electron chi connectivity index (χ1n) is 8.09. The molecule has 4 rings (SSSR count). The lowest BCUT2D eigenvalue weighted by Gasteiger charge is -2.22. The number of likely N-dealkylation sites (tertiary alicyclic amines) is 1. The largest absolute Gasteiger partial charge is 0.303 e. The van der Waals surface area contributed by atoms with Gasteiger partial charge in [-0.1, -0.05) is 18.2 Å². The predicted octanol–water partition coefficient (Wildman–Crippen LogP) is 4.00. The van der Waals surface area contributed by atoms with Crippen molar-refractivity contribution in [2.75, 3.05) is 6.54 Å². The maximum atomic E-state index is 5.51. The zero-order valence-electron chi connectivity index (χ0n) is 13.3. The third-order valence-corrected chi connectivity index (χ3v) is 5.98. The van der Waals surface area contributed by atoms with E-state index in [-0.39, 0.29) is 0 Å². The van der Waals surface area contributed by atoms with Crippen LogP contribution in [0.3, 0.4) is 0 Å². The number of allylic oxidation sites excluding steroid dienone is 1. The molecule has 1 fully saturated rings. The average molecular weight is 358 g/mol. The Bertz CT molecular complexity index is 889. The van der Waals surface area contributed by atoms with Crippen LogP contribution >= 0.6 is 23.6 Å². The van der Waals surface area contributed by atoms with Gasteiger partial charge in [-0.2, -0.15) is 5.10 Å². The number of aromatic nitrogens is 4. The number of nitrogens with zero attached hydrogens (tertiary/aromatic N) is 5. The van der Waals surface area contributed by atoms with Gasteiger partial charge in [-0.25, -0.2) is 9.67 Å². The minimum atomic E-state index is 0.355. The van der Waals surface area contributed by atoms with Crippen LogP contribution in [0.2, 0.25) is 0 Å². The van der Waals surface area contributed by atoms with Crippen molar-refractivity contribution in [3.63, 3.8) is 0 Å². The van der Waals surface area contributed by atoms with E-state index in [0.717, 1.165) is 23.3 Å². The van der Waals surface area contributed by atoms with Crippen LogP contribution in [-0.4, -0.2) is 30.8 Å². The fraction of sp³-hybridized carbons (Fsp3) is 0.353. The highest BCUT2D eigenvalue weighted by Gasteiger charge is 2.29. The van der Waals surface area contributed by atoms with E-state index in [1.165, 1.54) is 16.1 Å². The van der Waals surface area contributed by atoms with Crippen LogP contribution < -0.4 is 0 Å². The Hall–Kier alpha value is -1.83. The van der Waals surface area contributed by atoms with E-state index in [1.54, 1.807) is 17.7 Å². The van der Waals surface area contributed by atoms with E-state index in [1.807, 2.05) is 21.4 Å². The molecule has 1 saturated heterocycles. The maximum absolute atomic E-state index is 5.51. The highest BCUT2D eigenvalue weighted by atomic mass is 32.1. The molecular weight excluding hydrogens is 338 g/mol. The third kappa shape index (κ3) is 2.83. The summed E-state index contributed by atoms with van der Waals surface area (Å²) < 4.78 is 5.83. The van der Waals surface area contributed by atoms with Crippen LogP contribution in [0.15, 0.2) is 43.2 Å². The summed E-state index contributed by atoms with van der Waals surface area (Å²) in [6.07, 6.45) is 5.94. The van der Waals surface area contributed by atoms with Gasteiger partial charge in [0, 0.05) is 13.1 Å². The van der Waals surface area contributed by atoms with E-state index in [9.17, 15) is 0 Å². The topological polar surface area (TPSA) is 38.9 Å². The van der Waals surface area contributed by atoms with Crippen LogP contribution in [0, 0.1) is 4.77 Å². The van der Waals surface area contributed by atoms with Gasteiger partial charge >= 0.3 is 0 Å². The van der Waals surface area contributed by atoms with Crippen LogP contribution in [0.4, 0.5) is 0 Å². The summed E-state index contributed by atoms with van der Waals surface area (Å²) in [5.74, 6) is 0. The Morgan fingerprint density at radius 1 is 1.38 bits per heavy atom. The molecule has 0 amide bonds. The lowest BCUT2D eigenvalue weighted by Crippen LogP contribution is -2.27. The number of hydrogen-bond donors (Lipinski definition) is 0. The summed E-state index contributed by atoms with van der Waals surface area (Å²) in [6.45, 7) is 6.22. The van der Waals surface area contributed by atoms with Crippen LogP contribution in [-0.2, 0) is 13.2 Å². The molecule has 1 aliphatic heterocycles. The van der Waals surface area contributed by atoms with Crippen molar-refractivity contribution in [3.05, 3.63) is 53.0 Å². The molecule has 0 saturated carbocycles. The van der Waals surface area contributed by atoms with Crippen molar-refractivity contribution in [3.8, 4) is 0 Å². The van der Waals surface area contributed by atoms with Crippen molar-refractivity contribution in [2.24, 2.45) is 0 Å². The first-order chi connectivity index (χ1) is 11.8. The molecule has 7 heteroatoms. The average Bonchev–Trinajstić information content (AvgIpc) is 3.29. The second-order valence-corrected chi connectivity index (χ2v) is 7.41. The van der Waals surface area contributed by atoms with Crippen molar-refractivity contribution in [1.29, 1.82) is 0 Å². The Morgan fingerprint density at radius 3 is 3.08 bits per heavy atom. The molecule has 3 heterocycles. The highest BCUT2D eigenvalue weighted by molar-refractivity contribution is 7.71. The highest BCUT2D eigenvalue weighted by Crippen LogP contribution is 2.36. The molecular formula is C17H19N5S2. The van der Waals surface area contributed by atoms with E-state index in [2.05, 4.69) is 34.8 Å². The van der Waals surface area contributed by atoms with E-state index >= 15 is 0 Å². The van der Waals surface area contributed by atoms with E-state index < -0.39 is 0 Å². The zero-order chi connectivity index (χ0) is 16.5. The normalized spacial score (nSPS) is 18.4. The van der Waals surface area contributed by atoms with Gasteiger partial charge in [0.2, 0.25) is 0 Å². The molecule has 0 unspecified atom stereocenters. The molecule has 1 atom stereocenters. The Balaban J connectivity index is 1.58. The van der Waals surface area contributed by atoms with Crippen LogP contribution in [0.5, 0.6) is 0 Å². The number of para-hydroxylation sites is 1. The minimum Gasteiger partial charge on any atom is -0.303 e. The molecule has 0 spiro atoms. The van der Waals surface area contributed by atoms with Crippen molar-refractivity contribution in [2.45, 2.75) is 32.1 Å². The summed E-state index contributed by atoms with van der Waals surface area (Å²) >= 11 is 7.31. The first kappa shape index (κ1) is 15.7. The van der Waals surface area contributed by atoms with E-state index in [0.29, 0.717) is 19.3 Å². The smallest absolute Gasteiger partial charge is 0.199 e. The Kier molecular flexibility index (Phi) is 4.30. The summed E-state index contributed by atoms with van der Waals surface area (Å²) in [5.41, 5.74) is 1.09. The van der Waals surface area contributed by atoms with Crippen LogP contribution in [0.1, 0.15) is 23.9 Å². The second kappa shape index (κ2) is 6.58. The zero-order valence-corrected chi connectivity index (χ0v) is 15.0. The van der Waals surface area contributed by atoms with Crippen molar-refractivity contribution in [1.82, 2.24) is 24.2 Å². The molecule has 2 aromatic heterocycles. The molecule has 24 heavy (non-hydrogen) atoms. The fourth-order valence-electron chi connectivity index (χ4n) is 3.21. The van der Waals surface area contributed by atoms with Gasteiger partial charge in [-0.05, 0) is 37.2 Å². The van der Waals surface area contributed by atoms with Gasteiger partial charge in [-0.15, -0.1) is 17.9 Å². The molecule has 3 aromatic rings. The molecule has 0 radical (unpaired) electrons. The van der Waals surface area contributed by atoms with Gasteiger partial charge in [0.15, 0.2) is 4.77 Å². The SMILES string of the molecule is C=CCn1cnn(CN2CCC[C@@H]2c2nc3ccccc3s2)c1=S. The number of thiazole rings is 1. The lowest BCUT2D eigenvalue weighted by molar-refractivity contribution is 0.189. The monoisotopic (exact) mass is 357 g/mol. The summed E-state index contributed by atoms with van der Waals surface area (Å²) in [5, 5.41) is 5.64. The van der Waals surface area contributed by atoms with Gasteiger partial charge < -0.3 is 4.57 Å². The molecule has 5 nitrogen and oxygen atoms in total. The number of benzene rings is 1. The maximum Gasteiger partial charge on any atom is 0.199 e. The standard InChI is InChI=1S/C17H19N5S2/c1-2-9-20-11-18-22(17(20)23)12-21-10-5-7-14(21)16-19-13-6-3-4-8-15(13)24-16/h2-4,6,8,11,14H,1,5,7,9-10,12H2/t14-/m1/s1. The second-order valence-electron chi connectivity index (χ2n) is 5.99. The predicted molar refractivity (Wildman–Crippen MR) is 99.5 cm³/mol. The van der Waals surface area contributed by atoms with Gasteiger partial charge in [-0.3, -0.25) is 4.90 Å². The Labute approximate surface area is 149 Å². The molecule has 0 aliphatic carbocycles.